The SMILES string of the molecule is CCCCCOc1ccc(COc2ccccc2)cc1. The van der Waals surface area contributed by atoms with E-state index in [9.17, 15) is 0 Å². The summed E-state index contributed by atoms with van der Waals surface area (Å²) in [4.78, 5) is 0. The maximum atomic E-state index is 5.70. The minimum atomic E-state index is 0.583. The lowest BCUT2D eigenvalue weighted by atomic mass is 10.2. The third-order valence-corrected chi connectivity index (χ3v) is 3.09. The number of ether oxygens (including phenoxy) is 2. The fraction of sp³-hybridized carbons (Fsp3) is 0.333. The summed E-state index contributed by atoms with van der Waals surface area (Å²) in [5.41, 5.74) is 1.15. The number of hydrogen-bond acceptors (Lipinski definition) is 2. The van der Waals surface area contributed by atoms with Gasteiger partial charge in [-0.25, -0.2) is 0 Å². The molecule has 0 aliphatic rings. The smallest absolute Gasteiger partial charge is 0.119 e. The quantitative estimate of drug-likeness (QED) is 0.639. The molecule has 0 unspecified atom stereocenters. The van der Waals surface area contributed by atoms with Crippen molar-refractivity contribution in [2.75, 3.05) is 6.61 Å². The lowest BCUT2D eigenvalue weighted by Gasteiger charge is -2.08. The predicted octanol–water partition coefficient (Wildman–Crippen LogP) is 4.83. The fourth-order valence-corrected chi connectivity index (χ4v) is 1.91. The normalized spacial score (nSPS) is 10.2. The van der Waals surface area contributed by atoms with Gasteiger partial charge in [-0.3, -0.25) is 0 Å². The van der Waals surface area contributed by atoms with Crippen LogP contribution in [0.4, 0.5) is 0 Å². The molecule has 106 valence electrons. The second-order valence-electron chi connectivity index (χ2n) is 4.80. The Bertz CT molecular complexity index is 477. The van der Waals surface area contributed by atoms with Gasteiger partial charge < -0.3 is 9.47 Å². The van der Waals surface area contributed by atoms with Crippen LogP contribution in [-0.2, 0) is 6.61 Å². The maximum Gasteiger partial charge on any atom is 0.119 e. The standard InChI is InChI=1S/C18H22O2/c1-2-3-7-14-19-18-12-10-16(11-13-18)15-20-17-8-5-4-6-9-17/h4-6,8-13H,2-3,7,14-15H2,1H3. The Labute approximate surface area is 121 Å². The molecule has 0 spiro atoms. The van der Waals surface area contributed by atoms with Crippen LogP contribution in [0.25, 0.3) is 0 Å². The fourth-order valence-electron chi connectivity index (χ4n) is 1.91. The summed E-state index contributed by atoms with van der Waals surface area (Å²) >= 11 is 0. The van der Waals surface area contributed by atoms with Crippen LogP contribution in [-0.4, -0.2) is 6.61 Å². The van der Waals surface area contributed by atoms with Gasteiger partial charge in [-0.1, -0.05) is 50.1 Å². The Morgan fingerprint density at radius 1 is 0.750 bits per heavy atom. The van der Waals surface area contributed by atoms with Crippen LogP contribution in [0.15, 0.2) is 54.6 Å². The van der Waals surface area contributed by atoms with Crippen molar-refractivity contribution in [1.82, 2.24) is 0 Å². The van der Waals surface area contributed by atoms with Gasteiger partial charge in [0.1, 0.15) is 18.1 Å². The number of para-hydroxylation sites is 1. The minimum absolute atomic E-state index is 0.583. The van der Waals surface area contributed by atoms with Gasteiger partial charge in [0.05, 0.1) is 6.61 Å². The van der Waals surface area contributed by atoms with Crippen molar-refractivity contribution in [3.63, 3.8) is 0 Å². The molecule has 0 saturated heterocycles. The van der Waals surface area contributed by atoms with Gasteiger partial charge in [0, 0.05) is 0 Å². The molecule has 2 aromatic rings. The Hall–Kier alpha value is -1.96. The van der Waals surface area contributed by atoms with Crippen LogP contribution in [0, 0.1) is 0 Å². The Morgan fingerprint density at radius 2 is 1.45 bits per heavy atom. The molecule has 2 nitrogen and oxygen atoms in total. The molecular weight excluding hydrogens is 248 g/mol. The Kier molecular flexibility index (Phi) is 5.97. The van der Waals surface area contributed by atoms with E-state index in [4.69, 9.17) is 9.47 Å². The molecule has 0 amide bonds. The first kappa shape index (κ1) is 14.4. The van der Waals surface area contributed by atoms with Crippen LogP contribution < -0.4 is 9.47 Å². The van der Waals surface area contributed by atoms with E-state index in [1.165, 1.54) is 12.8 Å². The Balaban J connectivity index is 1.76. The van der Waals surface area contributed by atoms with E-state index in [2.05, 4.69) is 19.1 Å². The van der Waals surface area contributed by atoms with E-state index < -0.39 is 0 Å². The van der Waals surface area contributed by atoms with Crippen LogP contribution >= 0.6 is 0 Å². The van der Waals surface area contributed by atoms with Crippen LogP contribution in [0.2, 0.25) is 0 Å². The molecule has 2 aromatic carbocycles. The van der Waals surface area contributed by atoms with Crippen molar-refractivity contribution in [1.29, 1.82) is 0 Å². The van der Waals surface area contributed by atoms with Gasteiger partial charge in [-0.05, 0) is 36.2 Å². The molecule has 0 atom stereocenters. The van der Waals surface area contributed by atoms with E-state index in [0.717, 1.165) is 30.1 Å². The van der Waals surface area contributed by atoms with Crippen molar-refractivity contribution in [3.8, 4) is 11.5 Å². The number of unbranched alkanes of at least 4 members (excludes halogenated alkanes) is 2. The van der Waals surface area contributed by atoms with Crippen LogP contribution in [0.5, 0.6) is 11.5 Å². The zero-order chi connectivity index (χ0) is 14.0. The maximum absolute atomic E-state index is 5.70. The summed E-state index contributed by atoms with van der Waals surface area (Å²) in [5, 5.41) is 0. The third kappa shape index (κ3) is 4.96. The zero-order valence-electron chi connectivity index (χ0n) is 12.0. The average molecular weight is 270 g/mol. The van der Waals surface area contributed by atoms with Crippen molar-refractivity contribution in [2.45, 2.75) is 32.8 Å². The molecule has 2 rings (SSSR count). The minimum Gasteiger partial charge on any atom is -0.494 e. The molecule has 2 heteroatoms. The largest absolute Gasteiger partial charge is 0.494 e. The van der Waals surface area contributed by atoms with Crippen molar-refractivity contribution in [3.05, 3.63) is 60.2 Å². The Morgan fingerprint density at radius 3 is 2.15 bits per heavy atom. The molecule has 0 aliphatic heterocycles. The summed E-state index contributed by atoms with van der Waals surface area (Å²) in [7, 11) is 0. The highest BCUT2D eigenvalue weighted by Gasteiger charge is 1.97. The number of rotatable bonds is 8. The van der Waals surface area contributed by atoms with Gasteiger partial charge in [0.2, 0.25) is 0 Å². The van der Waals surface area contributed by atoms with Crippen molar-refractivity contribution in [2.24, 2.45) is 0 Å². The number of benzene rings is 2. The topological polar surface area (TPSA) is 18.5 Å². The molecule has 20 heavy (non-hydrogen) atoms. The summed E-state index contributed by atoms with van der Waals surface area (Å²) in [6.07, 6.45) is 3.57. The highest BCUT2D eigenvalue weighted by molar-refractivity contribution is 5.28. The van der Waals surface area contributed by atoms with Gasteiger partial charge in [-0.2, -0.15) is 0 Å². The van der Waals surface area contributed by atoms with Gasteiger partial charge >= 0.3 is 0 Å². The molecule has 0 saturated carbocycles. The van der Waals surface area contributed by atoms with E-state index in [-0.39, 0.29) is 0 Å². The molecule has 0 fully saturated rings. The molecule has 0 heterocycles. The van der Waals surface area contributed by atoms with Crippen molar-refractivity contribution < 1.29 is 9.47 Å². The average Bonchev–Trinajstić information content (AvgIpc) is 2.52. The first-order valence-corrected chi connectivity index (χ1v) is 7.28. The summed E-state index contributed by atoms with van der Waals surface area (Å²) in [6, 6.07) is 18.0. The van der Waals surface area contributed by atoms with Gasteiger partial charge in [-0.15, -0.1) is 0 Å². The van der Waals surface area contributed by atoms with Gasteiger partial charge in [0.15, 0.2) is 0 Å². The van der Waals surface area contributed by atoms with Gasteiger partial charge in [0.25, 0.3) is 0 Å². The van der Waals surface area contributed by atoms with E-state index in [0.29, 0.717) is 6.61 Å². The van der Waals surface area contributed by atoms with Crippen LogP contribution in [0.1, 0.15) is 31.7 Å². The lowest BCUT2D eigenvalue weighted by molar-refractivity contribution is 0.301. The van der Waals surface area contributed by atoms with E-state index in [1.54, 1.807) is 0 Å². The zero-order valence-corrected chi connectivity index (χ0v) is 12.0. The highest BCUT2D eigenvalue weighted by Crippen LogP contribution is 2.15. The van der Waals surface area contributed by atoms with Crippen LogP contribution in [0.3, 0.4) is 0 Å². The second-order valence-corrected chi connectivity index (χ2v) is 4.80. The second kappa shape index (κ2) is 8.26. The van der Waals surface area contributed by atoms with E-state index in [1.807, 2.05) is 42.5 Å². The molecule has 0 aromatic heterocycles. The molecule has 0 aliphatic carbocycles. The summed E-state index contributed by atoms with van der Waals surface area (Å²) < 4.78 is 11.4. The predicted molar refractivity (Wildman–Crippen MR) is 82.2 cm³/mol. The van der Waals surface area contributed by atoms with Crippen molar-refractivity contribution >= 4 is 0 Å². The highest BCUT2D eigenvalue weighted by atomic mass is 16.5. The first-order valence-electron chi connectivity index (χ1n) is 7.28. The summed E-state index contributed by atoms with van der Waals surface area (Å²) in [6.45, 7) is 3.58. The first-order chi connectivity index (χ1) is 9.88. The number of hydrogen-bond donors (Lipinski definition) is 0. The molecular formula is C18H22O2. The lowest BCUT2D eigenvalue weighted by Crippen LogP contribution is -1.98. The summed E-state index contributed by atoms with van der Waals surface area (Å²) in [5.74, 6) is 1.83. The third-order valence-electron chi connectivity index (χ3n) is 3.09. The monoisotopic (exact) mass is 270 g/mol. The molecule has 0 N–H and O–H groups in total. The molecule has 0 radical (unpaired) electrons. The molecule has 0 bridgehead atoms. The van der Waals surface area contributed by atoms with E-state index >= 15 is 0 Å².